The van der Waals surface area contributed by atoms with Gasteiger partial charge < -0.3 is 10.6 Å². The van der Waals surface area contributed by atoms with Crippen LogP contribution < -0.4 is 10.6 Å². The largest absolute Gasteiger partial charge is 0.358 e. The van der Waals surface area contributed by atoms with Crippen LogP contribution in [0.25, 0.3) is 0 Å². The standard InChI is InChI=1S/C10H15ClN4OS/c1-12-10(16)7-4-13-2-3-15(7)6-9-14-5-8(11)17-9/h5,7,13H,2-4,6H2,1H3,(H,12,16). The van der Waals surface area contributed by atoms with Crippen LogP contribution in [-0.4, -0.2) is 48.5 Å². The van der Waals surface area contributed by atoms with Crippen LogP contribution in [0.2, 0.25) is 4.34 Å². The number of hydrogen-bond acceptors (Lipinski definition) is 5. The number of likely N-dealkylation sites (N-methyl/N-ethyl adjacent to an activating group) is 1. The minimum Gasteiger partial charge on any atom is -0.358 e. The van der Waals surface area contributed by atoms with Crippen molar-refractivity contribution in [3.05, 3.63) is 15.5 Å². The first-order valence-electron chi connectivity index (χ1n) is 5.47. The Balaban J connectivity index is 2.03. The molecule has 0 radical (unpaired) electrons. The molecule has 1 fully saturated rings. The number of aromatic nitrogens is 1. The Bertz CT molecular complexity index is 397. The van der Waals surface area contributed by atoms with E-state index in [0.29, 0.717) is 17.4 Å². The van der Waals surface area contributed by atoms with E-state index in [4.69, 9.17) is 11.6 Å². The van der Waals surface area contributed by atoms with E-state index in [-0.39, 0.29) is 11.9 Å². The lowest BCUT2D eigenvalue weighted by Gasteiger charge is -2.34. The number of nitrogens with one attached hydrogen (secondary N) is 2. The van der Waals surface area contributed by atoms with Crippen molar-refractivity contribution in [3.8, 4) is 0 Å². The van der Waals surface area contributed by atoms with E-state index in [1.165, 1.54) is 11.3 Å². The number of carbonyl (C=O) groups is 1. The van der Waals surface area contributed by atoms with Gasteiger partial charge in [-0.25, -0.2) is 4.98 Å². The summed E-state index contributed by atoms with van der Waals surface area (Å²) in [5, 5.41) is 6.87. The highest BCUT2D eigenvalue weighted by atomic mass is 35.5. The zero-order valence-electron chi connectivity index (χ0n) is 9.57. The molecule has 0 aliphatic carbocycles. The molecule has 2 heterocycles. The van der Waals surface area contributed by atoms with Crippen LogP contribution in [0.5, 0.6) is 0 Å². The van der Waals surface area contributed by atoms with Crippen LogP contribution in [0, 0.1) is 0 Å². The molecule has 5 nitrogen and oxygen atoms in total. The Morgan fingerprint density at radius 2 is 2.65 bits per heavy atom. The predicted octanol–water partition coefficient (Wildman–Crippen LogP) is 0.316. The van der Waals surface area contributed by atoms with Gasteiger partial charge in [-0.05, 0) is 0 Å². The molecule has 0 saturated carbocycles. The normalized spacial score (nSPS) is 21.4. The second-order valence-electron chi connectivity index (χ2n) is 3.86. The van der Waals surface area contributed by atoms with Gasteiger partial charge in [0.25, 0.3) is 0 Å². The van der Waals surface area contributed by atoms with Gasteiger partial charge in [-0.2, -0.15) is 0 Å². The monoisotopic (exact) mass is 274 g/mol. The molecule has 1 unspecified atom stereocenters. The van der Waals surface area contributed by atoms with Crippen molar-refractivity contribution in [3.63, 3.8) is 0 Å². The van der Waals surface area contributed by atoms with Crippen LogP contribution in [0.3, 0.4) is 0 Å². The first-order valence-corrected chi connectivity index (χ1v) is 6.66. The molecule has 1 amide bonds. The molecular formula is C10H15ClN4OS. The number of halogens is 1. The Morgan fingerprint density at radius 3 is 3.29 bits per heavy atom. The maximum atomic E-state index is 11.7. The molecular weight excluding hydrogens is 260 g/mol. The highest BCUT2D eigenvalue weighted by Crippen LogP contribution is 2.20. The average Bonchev–Trinajstić information content (AvgIpc) is 2.74. The fourth-order valence-electron chi connectivity index (χ4n) is 1.90. The van der Waals surface area contributed by atoms with Gasteiger partial charge in [0.15, 0.2) is 0 Å². The molecule has 2 rings (SSSR count). The van der Waals surface area contributed by atoms with Crippen LogP contribution in [0.15, 0.2) is 6.20 Å². The quantitative estimate of drug-likeness (QED) is 0.833. The van der Waals surface area contributed by atoms with E-state index >= 15 is 0 Å². The zero-order valence-corrected chi connectivity index (χ0v) is 11.1. The van der Waals surface area contributed by atoms with E-state index in [1.807, 2.05) is 0 Å². The van der Waals surface area contributed by atoms with Gasteiger partial charge in [-0.1, -0.05) is 11.6 Å². The molecule has 2 N–H and O–H groups in total. The van der Waals surface area contributed by atoms with Gasteiger partial charge in [-0.3, -0.25) is 9.69 Å². The molecule has 7 heteroatoms. The Morgan fingerprint density at radius 1 is 1.82 bits per heavy atom. The lowest BCUT2D eigenvalue weighted by atomic mass is 10.2. The van der Waals surface area contributed by atoms with Gasteiger partial charge in [0.1, 0.15) is 15.4 Å². The van der Waals surface area contributed by atoms with Crippen molar-refractivity contribution in [2.24, 2.45) is 0 Å². The number of hydrogen-bond donors (Lipinski definition) is 2. The number of piperazine rings is 1. The second kappa shape index (κ2) is 5.77. The van der Waals surface area contributed by atoms with Gasteiger partial charge in [0.2, 0.25) is 5.91 Å². The van der Waals surface area contributed by atoms with E-state index in [9.17, 15) is 4.79 Å². The second-order valence-corrected chi connectivity index (χ2v) is 5.61. The highest BCUT2D eigenvalue weighted by Gasteiger charge is 2.28. The Kier molecular flexibility index (Phi) is 4.33. The number of carbonyl (C=O) groups excluding carboxylic acids is 1. The van der Waals surface area contributed by atoms with Crippen molar-refractivity contribution < 1.29 is 4.79 Å². The summed E-state index contributed by atoms with van der Waals surface area (Å²) in [5.41, 5.74) is 0. The Hall–Kier alpha value is -0.690. The van der Waals surface area contributed by atoms with Crippen LogP contribution in [-0.2, 0) is 11.3 Å². The van der Waals surface area contributed by atoms with Gasteiger partial charge in [0, 0.05) is 26.7 Å². The summed E-state index contributed by atoms with van der Waals surface area (Å²) in [7, 11) is 1.66. The maximum Gasteiger partial charge on any atom is 0.238 e. The molecule has 94 valence electrons. The summed E-state index contributed by atoms with van der Waals surface area (Å²) in [4.78, 5) is 18.1. The molecule has 1 aliphatic rings. The molecule has 1 aliphatic heterocycles. The van der Waals surface area contributed by atoms with Gasteiger partial charge in [0.05, 0.1) is 12.7 Å². The summed E-state index contributed by atoms with van der Waals surface area (Å²) in [5.74, 6) is 0.0415. The van der Waals surface area contributed by atoms with E-state index < -0.39 is 0 Å². The van der Waals surface area contributed by atoms with Crippen molar-refractivity contribution in [2.75, 3.05) is 26.7 Å². The SMILES string of the molecule is CNC(=O)C1CNCCN1Cc1ncc(Cl)s1. The van der Waals surface area contributed by atoms with E-state index in [1.54, 1.807) is 13.2 Å². The topological polar surface area (TPSA) is 57.3 Å². The number of amides is 1. The predicted molar refractivity (Wildman–Crippen MR) is 68.3 cm³/mol. The maximum absolute atomic E-state index is 11.7. The first kappa shape index (κ1) is 12.8. The number of thiazole rings is 1. The minimum atomic E-state index is -0.128. The van der Waals surface area contributed by atoms with Crippen molar-refractivity contribution in [1.82, 2.24) is 20.5 Å². The lowest BCUT2D eigenvalue weighted by molar-refractivity contribution is -0.126. The van der Waals surface area contributed by atoms with Gasteiger partial charge in [-0.15, -0.1) is 11.3 Å². The molecule has 0 bridgehead atoms. The number of nitrogens with zero attached hydrogens (tertiary/aromatic N) is 2. The first-order chi connectivity index (χ1) is 8.20. The summed E-state index contributed by atoms with van der Waals surface area (Å²) in [6.07, 6.45) is 1.65. The van der Waals surface area contributed by atoms with E-state index in [2.05, 4.69) is 20.5 Å². The fourth-order valence-corrected chi connectivity index (χ4v) is 2.88. The smallest absolute Gasteiger partial charge is 0.238 e. The fraction of sp³-hybridized carbons (Fsp3) is 0.600. The van der Waals surface area contributed by atoms with Crippen molar-refractivity contribution in [2.45, 2.75) is 12.6 Å². The molecule has 0 aromatic carbocycles. The van der Waals surface area contributed by atoms with Crippen LogP contribution in [0.1, 0.15) is 5.01 Å². The summed E-state index contributed by atoms with van der Waals surface area (Å²) in [6, 6.07) is -0.128. The lowest BCUT2D eigenvalue weighted by Crippen LogP contribution is -2.56. The molecule has 0 spiro atoms. The minimum absolute atomic E-state index is 0.0415. The summed E-state index contributed by atoms with van der Waals surface area (Å²) in [6.45, 7) is 3.10. The Labute approximate surface area is 109 Å². The highest BCUT2D eigenvalue weighted by molar-refractivity contribution is 7.15. The third kappa shape index (κ3) is 3.16. The van der Waals surface area contributed by atoms with E-state index in [0.717, 1.165) is 18.1 Å². The summed E-state index contributed by atoms with van der Waals surface area (Å²) >= 11 is 7.31. The van der Waals surface area contributed by atoms with Gasteiger partial charge >= 0.3 is 0 Å². The molecule has 17 heavy (non-hydrogen) atoms. The third-order valence-electron chi connectivity index (χ3n) is 2.77. The molecule has 1 atom stereocenters. The van der Waals surface area contributed by atoms with Crippen LogP contribution in [0.4, 0.5) is 0 Å². The zero-order chi connectivity index (χ0) is 12.3. The van der Waals surface area contributed by atoms with Crippen molar-refractivity contribution in [1.29, 1.82) is 0 Å². The molecule has 1 aromatic rings. The van der Waals surface area contributed by atoms with Crippen LogP contribution >= 0.6 is 22.9 Å². The van der Waals surface area contributed by atoms with Crippen molar-refractivity contribution >= 4 is 28.8 Å². The average molecular weight is 275 g/mol. The summed E-state index contributed by atoms with van der Waals surface area (Å²) < 4.78 is 0.687. The molecule has 1 aromatic heterocycles. The number of rotatable bonds is 3. The molecule has 1 saturated heterocycles. The third-order valence-corrected chi connectivity index (χ3v) is 3.87.